The zero-order chi connectivity index (χ0) is 17.9. The Morgan fingerprint density at radius 2 is 1.69 bits per heavy atom. The molecule has 0 unspecified atom stereocenters. The number of fused-ring (bicyclic) bond motifs is 2. The van der Waals surface area contributed by atoms with Gasteiger partial charge in [-0.05, 0) is 60.6 Å². The van der Waals surface area contributed by atoms with Crippen LogP contribution in [0.1, 0.15) is 39.9 Å². The minimum absolute atomic E-state index is 0.151. The number of hydrazine groups is 1. The topological polar surface area (TPSA) is 76.7 Å². The summed E-state index contributed by atoms with van der Waals surface area (Å²) in [5.41, 5.74) is 8.98. The van der Waals surface area contributed by atoms with Crippen LogP contribution in [0.2, 0.25) is 0 Å². The molecule has 0 bridgehead atoms. The number of ether oxygens (including phenoxy) is 2. The van der Waals surface area contributed by atoms with Gasteiger partial charge in [-0.3, -0.25) is 20.4 Å². The summed E-state index contributed by atoms with van der Waals surface area (Å²) in [6.07, 6.45) is 4.86. The van der Waals surface area contributed by atoms with Crippen LogP contribution in [0.4, 0.5) is 0 Å². The summed E-state index contributed by atoms with van der Waals surface area (Å²) < 4.78 is 10.5. The number of amides is 2. The van der Waals surface area contributed by atoms with Crippen molar-refractivity contribution in [2.45, 2.75) is 32.1 Å². The highest BCUT2D eigenvalue weighted by Crippen LogP contribution is 2.32. The van der Waals surface area contributed by atoms with Gasteiger partial charge in [0.05, 0.1) is 6.42 Å². The number of carbonyl (C=O) groups excluding carboxylic acids is 2. The number of benzene rings is 2. The minimum atomic E-state index is -0.401. The van der Waals surface area contributed by atoms with Crippen LogP contribution in [-0.4, -0.2) is 18.6 Å². The van der Waals surface area contributed by atoms with Crippen LogP contribution < -0.4 is 20.3 Å². The van der Waals surface area contributed by atoms with E-state index in [0.29, 0.717) is 17.1 Å². The molecule has 1 aliphatic heterocycles. The molecule has 1 aliphatic carbocycles. The van der Waals surface area contributed by atoms with Crippen LogP contribution in [0.3, 0.4) is 0 Å². The van der Waals surface area contributed by atoms with Crippen molar-refractivity contribution in [2.75, 3.05) is 6.79 Å². The van der Waals surface area contributed by atoms with E-state index in [1.165, 1.54) is 24.0 Å². The molecule has 134 valence electrons. The Hall–Kier alpha value is -3.02. The van der Waals surface area contributed by atoms with E-state index in [-0.39, 0.29) is 19.1 Å². The van der Waals surface area contributed by atoms with E-state index in [2.05, 4.69) is 23.0 Å². The Morgan fingerprint density at radius 3 is 2.58 bits per heavy atom. The van der Waals surface area contributed by atoms with Gasteiger partial charge in [0, 0.05) is 5.56 Å². The molecular formula is C20H20N2O4. The van der Waals surface area contributed by atoms with Gasteiger partial charge in [-0.15, -0.1) is 0 Å². The second-order valence-corrected chi connectivity index (χ2v) is 6.56. The molecule has 2 aliphatic rings. The Bertz CT molecular complexity index is 863. The number of hydrogen-bond acceptors (Lipinski definition) is 4. The van der Waals surface area contributed by atoms with Crippen molar-refractivity contribution in [3.63, 3.8) is 0 Å². The number of nitrogens with one attached hydrogen (secondary N) is 2. The molecule has 6 nitrogen and oxygen atoms in total. The van der Waals surface area contributed by atoms with Crippen molar-refractivity contribution < 1.29 is 19.1 Å². The van der Waals surface area contributed by atoms with Crippen LogP contribution >= 0.6 is 0 Å². The fourth-order valence-corrected chi connectivity index (χ4v) is 3.36. The maximum absolute atomic E-state index is 12.2. The predicted molar refractivity (Wildman–Crippen MR) is 95.0 cm³/mol. The molecule has 0 saturated heterocycles. The summed E-state index contributed by atoms with van der Waals surface area (Å²) >= 11 is 0. The van der Waals surface area contributed by atoms with Gasteiger partial charge in [-0.25, -0.2) is 0 Å². The van der Waals surface area contributed by atoms with E-state index >= 15 is 0 Å². The van der Waals surface area contributed by atoms with Gasteiger partial charge in [0.1, 0.15) is 0 Å². The molecule has 0 aromatic heterocycles. The first-order valence-electron chi connectivity index (χ1n) is 8.78. The Kier molecular flexibility index (Phi) is 4.48. The molecule has 2 amide bonds. The highest BCUT2D eigenvalue weighted by atomic mass is 16.7. The van der Waals surface area contributed by atoms with Crippen LogP contribution in [0.5, 0.6) is 11.5 Å². The van der Waals surface area contributed by atoms with Crippen molar-refractivity contribution >= 4 is 11.8 Å². The Labute approximate surface area is 151 Å². The molecular weight excluding hydrogens is 332 g/mol. The van der Waals surface area contributed by atoms with Crippen molar-refractivity contribution in [1.82, 2.24) is 10.9 Å². The lowest BCUT2D eigenvalue weighted by Gasteiger charge is -2.16. The predicted octanol–water partition coefficient (Wildman–Crippen LogP) is 2.30. The summed E-state index contributed by atoms with van der Waals surface area (Å²) in [5.74, 6) is 0.480. The van der Waals surface area contributed by atoms with E-state index in [9.17, 15) is 9.59 Å². The van der Waals surface area contributed by atoms with Crippen molar-refractivity contribution in [3.8, 4) is 11.5 Å². The van der Waals surface area contributed by atoms with Crippen LogP contribution in [0.15, 0.2) is 36.4 Å². The maximum Gasteiger partial charge on any atom is 0.269 e. The lowest BCUT2D eigenvalue weighted by atomic mass is 9.90. The molecule has 0 radical (unpaired) electrons. The average Bonchev–Trinajstić information content (AvgIpc) is 3.14. The van der Waals surface area contributed by atoms with Crippen LogP contribution in [0.25, 0.3) is 0 Å². The molecule has 0 spiro atoms. The van der Waals surface area contributed by atoms with E-state index in [1.54, 1.807) is 18.2 Å². The third-order valence-corrected chi connectivity index (χ3v) is 4.73. The monoisotopic (exact) mass is 352 g/mol. The molecule has 1 heterocycles. The SMILES string of the molecule is O=C(Cc1ccc2c(c1)CCCC2)NNC(=O)c1ccc2c(c1)OCO2. The summed E-state index contributed by atoms with van der Waals surface area (Å²) in [6.45, 7) is 0.151. The van der Waals surface area contributed by atoms with Gasteiger partial charge >= 0.3 is 0 Å². The highest BCUT2D eigenvalue weighted by molar-refractivity contribution is 5.96. The molecule has 6 heteroatoms. The highest BCUT2D eigenvalue weighted by Gasteiger charge is 2.17. The lowest BCUT2D eigenvalue weighted by Crippen LogP contribution is -2.42. The first-order valence-corrected chi connectivity index (χ1v) is 8.78. The molecule has 0 atom stereocenters. The summed E-state index contributed by atoms with van der Waals surface area (Å²) in [6, 6.07) is 11.1. The molecule has 4 rings (SSSR count). The Balaban J connectivity index is 1.33. The minimum Gasteiger partial charge on any atom is -0.454 e. The fourth-order valence-electron chi connectivity index (χ4n) is 3.36. The first-order chi connectivity index (χ1) is 12.7. The third-order valence-electron chi connectivity index (χ3n) is 4.73. The molecule has 2 aromatic rings. The summed E-state index contributed by atoms with van der Waals surface area (Å²) in [4.78, 5) is 24.3. The smallest absolute Gasteiger partial charge is 0.269 e. The lowest BCUT2D eigenvalue weighted by molar-refractivity contribution is -0.121. The second kappa shape index (κ2) is 7.07. The summed E-state index contributed by atoms with van der Waals surface area (Å²) in [7, 11) is 0. The van der Waals surface area contributed by atoms with Crippen LogP contribution in [0, 0.1) is 0 Å². The normalized spacial score (nSPS) is 14.5. The molecule has 0 fully saturated rings. The second-order valence-electron chi connectivity index (χ2n) is 6.56. The van der Waals surface area contributed by atoms with E-state index in [4.69, 9.17) is 9.47 Å². The van der Waals surface area contributed by atoms with Gasteiger partial charge in [0.15, 0.2) is 11.5 Å². The maximum atomic E-state index is 12.2. The molecule has 0 saturated carbocycles. The Morgan fingerprint density at radius 1 is 0.885 bits per heavy atom. The fraction of sp³-hybridized carbons (Fsp3) is 0.300. The molecule has 26 heavy (non-hydrogen) atoms. The van der Waals surface area contributed by atoms with Gasteiger partial charge in [-0.2, -0.15) is 0 Å². The van der Waals surface area contributed by atoms with Crippen LogP contribution in [-0.2, 0) is 24.1 Å². The largest absolute Gasteiger partial charge is 0.454 e. The number of carbonyl (C=O) groups is 2. The third kappa shape index (κ3) is 3.49. The number of hydrogen-bond donors (Lipinski definition) is 2. The average molecular weight is 352 g/mol. The van der Waals surface area contributed by atoms with Gasteiger partial charge in [-0.1, -0.05) is 18.2 Å². The van der Waals surface area contributed by atoms with Gasteiger partial charge in [0.25, 0.3) is 5.91 Å². The zero-order valence-electron chi connectivity index (χ0n) is 14.3. The quantitative estimate of drug-likeness (QED) is 0.831. The standard InChI is InChI=1S/C20H20N2O4/c23-19(10-13-5-6-14-3-1-2-4-15(14)9-13)21-22-20(24)16-7-8-17-18(11-16)26-12-25-17/h5-9,11H,1-4,10,12H2,(H,21,23)(H,22,24). The molecule has 2 aromatic carbocycles. The number of rotatable bonds is 3. The summed E-state index contributed by atoms with van der Waals surface area (Å²) in [5, 5.41) is 0. The van der Waals surface area contributed by atoms with Gasteiger partial charge in [0.2, 0.25) is 12.7 Å². The van der Waals surface area contributed by atoms with Crippen molar-refractivity contribution in [1.29, 1.82) is 0 Å². The molecule has 2 N–H and O–H groups in total. The number of aryl methyl sites for hydroxylation is 2. The van der Waals surface area contributed by atoms with E-state index in [0.717, 1.165) is 18.4 Å². The first kappa shape index (κ1) is 16.4. The zero-order valence-corrected chi connectivity index (χ0v) is 14.3. The van der Waals surface area contributed by atoms with Crippen molar-refractivity contribution in [2.24, 2.45) is 0 Å². The van der Waals surface area contributed by atoms with Crippen molar-refractivity contribution in [3.05, 3.63) is 58.7 Å². The van der Waals surface area contributed by atoms with Gasteiger partial charge < -0.3 is 9.47 Å². The van der Waals surface area contributed by atoms with E-state index < -0.39 is 5.91 Å². The van der Waals surface area contributed by atoms with E-state index in [1.807, 2.05) is 6.07 Å².